The Morgan fingerprint density at radius 3 is 3.00 bits per heavy atom. The monoisotopic (exact) mass is 199 g/mol. The summed E-state index contributed by atoms with van der Waals surface area (Å²) >= 11 is 0. The number of hydrogen-bond donors (Lipinski definition) is 2. The van der Waals surface area contributed by atoms with Crippen molar-refractivity contribution in [2.24, 2.45) is 0 Å². The Kier molecular flexibility index (Phi) is 4.35. The van der Waals surface area contributed by atoms with Gasteiger partial charge in [-0.1, -0.05) is 0 Å². The lowest BCUT2D eigenvalue weighted by molar-refractivity contribution is -0.126. The van der Waals surface area contributed by atoms with Gasteiger partial charge in [0.25, 0.3) is 0 Å². The molecule has 4 nitrogen and oxygen atoms in total. The molecule has 2 N–H and O–H groups in total. The molecule has 0 bridgehead atoms. The summed E-state index contributed by atoms with van der Waals surface area (Å²) in [6.07, 6.45) is 0. The van der Waals surface area contributed by atoms with Crippen molar-refractivity contribution < 1.29 is 4.79 Å². The van der Waals surface area contributed by atoms with E-state index >= 15 is 0 Å². The van der Waals surface area contributed by atoms with E-state index in [4.69, 9.17) is 0 Å². The van der Waals surface area contributed by atoms with Crippen molar-refractivity contribution in [1.29, 1.82) is 0 Å². The molecule has 1 aliphatic rings. The van der Waals surface area contributed by atoms with Gasteiger partial charge in [-0.25, -0.2) is 0 Å². The first kappa shape index (κ1) is 11.5. The summed E-state index contributed by atoms with van der Waals surface area (Å²) in [5, 5.41) is 6.22. The van der Waals surface area contributed by atoms with E-state index in [0.717, 1.165) is 19.6 Å². The van der Waals surface area contributed by atoms with Crippen LogP contribution in [0.1, 0.15) is 20.8 Å². The predicted molar refractivity (Wildman–Crippen MR) is 57.2 cm³/mol. The molecular weight excluding hydrogens is 178 g/mol. The lowest BCUT2D eigenvalue weighted by Gasteiger charge is -2.35. The maximum absolute atomic E-state index is 11.6. The molecule has 1 amide bonds. The number of nitrogens with one attached hydrogen (secondary N) is 2. The molecule has 1 aliphatic heterocycles. The molecule has 4 heteroatoms. The number of carbonyl (C=O) groups is 1. The highest BCUT2D eigenvalue weighted by Crippen LogP contribution is 2.04. The molecular formula is C10H21N3O. The summed E-state index contributed by atoms with van der Waals surface area (Å²) in [5.74, 6) is 0.140. The van der Waals surface area contributed by atoms with Crippen molar-refractivity contribution in [3.05, 3.63) is 0 Å². The SMILES string of the molecule is CCNC(=O)C(C)N1CCN[C@H](C)C1. The zero-order chi connectivity index (χ0) is 10.6. The van der Waals surface area contributed by atoms with Crippen molar-refractivity contribution >= 4 is 5.91 Å². The Balaban J connectivity index is 2.42. The number of nitrogens with zero attached hydrogens (tertiary/aromatic N) is 1. The minimum Gasteiger partial charge on any atom is -0.355 e. The third-order valence-electron chi connectivity index (χ3n) is 2.68. The van der Waals surface area contributed by atoms with E-state index in [9.17, 15) is 4.79 Å². The van der Waals surface area contributed by atoms with Crippen LogP contribution < -0.4 is 10.6 Å². The van der Waals surface area contributed by atoms with Crippen molar-refractivity contribution in [3.63, 3.8) is 0 Å². The molecule has 1 rings (SSSR count). The van der Waals surface area contributed by atoms with Crippen LogP contribution in [-0.2, 0) is 4.79 Å². The van der Waals surface area contributed by atoms with Gasteiger partial charge in [-0.15, -0.1) is 0 Å². The summed E-state index contributed by atoms with van der Waals surface area (Å²) < 4.78 is 0. The van der Waals surface area contributed by atoms with E-state index in [2.05, 4.69) is 22.5 Å². The maximum atomic E-state index is 11.6. The zero-order valence-corrected chi connectivity index (χ0v) is 9.34. The first-order valence-corrected chi connectivity index (χ1v) is 5.40. The van der Waals surface area contributed by atoms with Crippen LogP contribution in [0.25, 0.3) is 0 Å². The molecule has 1 saturated heterocycles. The third kappa shape index (κ3) is 2.96. The summed E-state index contributed by atoms with van der Waals surface area (Å²) in [5.41, 5.74) is 0. The number of hydrogen-bond acceptors (Lipinski definition) is 3. The van der Waals surface area contributed by atoms with Crippen LogP contribution in [0.4, 0.5) is 0 Å². The Hall–Kier alpha value is -0.610. The molecule has 0 aliphatic carbocycles. The van der Waals surface area contributed by atoms with Crippen molar-refractivity contribution in [2.75, 3.05) is 26.2 Å². The van der Waals surface area contributed by atoms with Crippen LogP contribution in [0, 0.1) is 0 Å². The molecule has 1 unspecified atom stereocenters. The molecule has 0 saturated carbocycles. The quantitative estimate of drug-likeness (QED) is 0.662. The van der Waals surface area contributed by atoms with Gasteiger partial charge in [-0.2, -0.15) is 0 Å². The fourth-order valence-corrected chi connectivity index (χ4v) is 1.80. The Labute approximate surface area is 86.0 Å². The Bertz CT molecular complexity index is 196. The van der Waals surface area contributed by atoms with Gasteiger partial charge in [-0.3, -0.25) is 9.69 Å². The lowest BCUT2D eigenvalue weighted by Crippen LogP contribution is -2.55. The van der Waals surface area contributed by atoms with Gasteiger partial charge >= 0.3 is 0 Å². The topological polar surface area (TPSA) is 44.4 Å². The molecule has 0 aromatic heterocycles. The Morgan fingerprint density at radius 1 is 1.71 bits per heavy atom. The average molecular weight is 199 g/mol. The van der Waals surface area contributed by atoms with E-state index in [1.54, 1.807) is 0 Å². The van der Waals surface area contributed by atoms with Gasteiger partial charge in [0.2, 0.25) is 5.91 Å². The van der Waals surface area contributed by atoms with Crippen LogP contribution >= 0.6 is 0 Å². The largest absolute Gasteiger partial charge is 0.355 e. The minimum absolute atomic E-state index is 0.000463. The van der Waals surface area contributed by atoms with Crippen LogP contribution in [-0.4, -0.2) is 49.1 Å². The van der Waals surface area contributed by atoms with Gasteiger partial charge in [0.1, 0.15) is 0 Å². The van der Waals surface area contributed by atoms with E-state index in [-0.39, 0.29) is 11.9 Å². The molecule has 14 heavy (non-hydrogen) atoms. The minimum atomic E-state index is -0.000463. The number of amides is 1. The zero-order valence-electron chi connectivity index (χ0n) is 9.34. The smallest absolute Gasteiger partial charge is 0.237 e. The summed E-state index contributed by atoms with van der Waals surface area (Å²) in [7, 11) is 0. The van der Waals surface area contributed by atoms with E-state index in [0.29, 0.717) is 12.6 Å². The standard InChI is InChI=1S/C10H21N3O/c1-4-11-10(14)9(3)13-6-5-12-8(2)7-13/h8-9,12H,4-7H2,1-3H3,(H,11,14)/t8-,9?/m1/s1. The van der Waals surface area contributed by atoms with Crippen LogP contribution in [0.2, 0.25) is 0 Å². The molecule has 1 heterocycles. The number of likely N-dealkylation sites (N-methyl/N-ethyl adjacent to an activating group) is 1. The van der Waals surface area contributed by atoms with Crippen molar-refractivity contribution in [2.45, 2.75) is 32.9 Å². The third-order valence-corrected chi connectivity index (χ3v) is 2.68. The van der Waals surface area contributed by atoms with Gasteiger partial charge in [0, 0.05) is 32.2 Å². The highest BCUT2D eigenvalue weighted by atomic mass is 16.2. The van der Waals surface area contributed by atoms with Gasteiger partial charge in [0.15, 0.2) is 0 Å². The predicted octanol–water partition coefficient (Wildman–Crippen LogP) is -0.195. The van der Waals surface area contributed by atoms with Crippen molar-refractivity contribution in [1.82, 2.24) is 15.5 Å². The molecule has 82 valence electrons. The van der Waals surface area contributed by atoms with E-state index < -0.39 is 0 Å². The highest BCUT2D eigenvalue weighted by molar-refractivity contribution is 5.81. The highest BCUT2D eigenvalue weighted by Gasteiger charge is 2.24. The normalized spacial score (nSPS) is 25.8. The second kappa shape index (κ2) is 5.32. The number of carbonyl (C=O) groups excluding carboxylic acids is 1. The molecule has 0 spiro atoms. The van der Waals surface area contributed by atoms with Gasteiger partial charge in [-0.05, 0) is 20.8 Å². The van der Waals surface area contributed by atoms with E-state index in [1.807, 2.05) is 13.8 Å². The second-order valence-corrected chi connectivity index (χ2v) is 3.92. The first-order chi connectivity index (χ1) is 6.65. The maximum Gasteiger partial charge on any atom is 0.237 e. The van der Waals surface area contributed by atoms with Gasteiger partial charge < -0.3 is 10.6 Å². The fraction of sp³-hybridized carbons (Fsp3) is 0.900. The van der Waals surface area contributed by atoms with E-state index in [1.165, 1.54) is 0 Å². The summed E-state index contributed by atoms with van der Waals surface area (Å²) in [6, 6.07) is 0.486. The average Bonchev–Trinajstić information content (AvgIpc) is 2.17. The molecule has 0 radical (unpaired) electrons. The van der Waals surface area contributed by atoms with Crippen LogP contribution in [0.5, 0.6) is 0 Å². The summed E-state index contributed by atoms with van der Waals surface area (Å²) in [4.78, 5) is 13.8. The lowest BCUT2D eigenvalue weighted by atomic mass is 10.1. The molecule has 2 atom stereocenters. The van der Waals surface area contributed by atoms with Crippen molar-refractivity contribution in [3.8, 4) is 0 Å². The van der Waals surface area contributed by atoms with Crippen LogP contribution in [0.15, 0.2) is 0 Å². The fourth-order valence-electron chi connectivity index (χ4n) is 1.80. The molecule has 0 aromatic rings. The number of rotatable bonds is 3. The Morgan fingerprint density at radius 2 is 2.43 bits per heavy atom. The molecule has 1 fully saturated rings. The summed E-state index contributed by atoms with van der Waals surface area (Å²) in [6.45, 7) is 9.68. The second-order valence-electron chi connectivity index (χ2n) is 3.92. The first-order valence-electron chi connectivity index (χ1n) is 5.40. The molecule has 0 aromatic carbocycles. The van der Waals surface area contributed by atoms with Crippen LogP contribution in [0.3, 0.4) is 0 Å². The van der Waals surface area contributed by atoms with Gasteiger partial charge in [0.05, 0.1) is 6.04 Å². The number of piperazine rings is 1.